The molecular weight excluding hydrogens is 372 g/mol. The normalized spacial score (nSPS) is 25.1. The van der Waals surface area contributed by atoms with Crippen LogP contribution in [0.15, 0.2) is 41.8 Å². The molecule has 6 heteroatoms. The molecule has 1 aromatic carbocycles. The van der Waals surface area contributed by atoms with E-state index in [1.165, 1.54) is 11.3 Å². The summed E-state index contributed by atoms with van der Waals surface area (Å²) in [4.78, 5) is 30.2. The van der Waals surface area contributed by atoms with Gasteiger partial charge >= 0.3 is 0 Å². The van der Waals surface area contributed by atoms with Gasteiger partial charge in [0.2, 0.25) is 0 Å². The number of benzene rings is 1. The van der Waals surface area contributed by atoms with Crippen molar-refractivity contribution in [2.45, 2.75) is 20.3 Å². The molecule has 148 valence electrons. The monoisotopic (exact) mass is 398 g/mol. The Morgan fingerprint density at radius 3 is 2.61 bits per heavy atom. The van der Waals surface area contributed by atoms with Gasteiger partial charge in [0.25, 0.3) is 11.8 Å². The highest BCUT2D eigenvalue weighted by atomic mass is 32.1. The number of aliphatic hydroxyl groups is 1. The maximum atomic E-state index is 13.4. The van der Waals surface area contributed by atoms with Crippen molar-refractivity contribution in [1.82, 2.24) is 4.90 Å². The van der Waals surface area contributed by atoms with Crippen molar-refractivity contribution in [2.75, 3.05) is 31.6 Å². The first-order valence-electron chi connectivity index (χ1n) is 9.60. The van der Waals surface area contributed by atoms with Crippen molar-refractivity contribution in [2.24, 2.45) is 16.7 Å². The highest BCUT2D eigenvalue weighted by Crippen LogP contribution is 2.62. The van der Waals surface area contributed by atoms with Gasteiger partial charge in [0.15, 0.2) is 0 Å². The first-order chi connectivity index (χ1) is 13.3. The third kappa shape index (κ3) is 2.86. The molecule has 5 nitrogen and oxygen atoms in total. The van der Waals surface area contributed by atoms with Crippen molar-refractivity contribution in [3.05, 3.63) is 52.2 Å². The largest absolute Gasteiger partial charge is 0.396 e. The summed E-state index contributed by atoms with van der Waals surface area (Å²) in [5.74, 6) is 0.121. The Bertz CT molecular complexity index is 908. The van der Waals surface area contributed by atoms with Crippen LogP contribution >= 0.6 is 11.3 Å². The van der Waals surface area contributed by atoms with E-state index in [0.29, 0.717) is 35.1 Å². The van der Waals surface area contributed by atoms with E-state index >= 15 is 0 Å². The van der Waals surface area contributed by atoms with Crippen LogP contribution in [0.1, 0.15) is 40.3 Å². The molecule has 1 N–H and O–H groups in total. The minimum absolute atomic E-state index is 0.0699. The zero-order valence-electron chi connectivity index (χ0n) is 16.5. The minimum atomic E-state index is -0.174. The summed E-state index contributed by atoms with van der Waals surface area (Å²) < 4.78 is 0. The number of aliphatic hydroxyl groups excluding tert-OH is 1. The van der Waals surface area contributed by atoms with E-state index in [1.807, 2.05) is 34.5 Å². The van der Waals surface area contributed by atoms with Crippen molar-refractivity contribution in [1.29, 1.82) is 0 Å². The molecule has 0 spiro atoms. The number of rotatable bonds is 4. The van der Waals surface area contributed by atoms with Gasteiger partial charge in [-0.15, -0.1) is 11.3 Å². The van der Waals surface area contributed by atoms with Crippen LogP contribution in [0.2, 0.25) is 0 Å². The van der Waals surface area contributed by atoms with Crippen LogP contribution in [0.4, 0.5) is 5.69 Å². The Hall–Kier alpha value is -2.18. The molecule has 2 aliphatic rings. The zero-order valence-corrected chi connectivity index (χ0v) is 17.3. The molecule has 2 amide bonds. The van der Waals surface area contributed by atoms with Crippen LogP contribution < -0.4 is 4.90 Å². The zero-order chi connectivity index (χ0) is 20.1. The molecule has 1 aliphatic heterocycles. The summed E-state index contributed by atoms with van der Waals surface area (Å²) in [6.07, 6.45) is 0.934. The molecule has 1 saturated carbocycles. The van der Waals surface area contributed by atoms with E-state index in [1.54, 1.807) is 24.1 Å². The van der Waals surface area contributed by atoms with Gasteiger partial charge in [-0.2, -0.15) is 0 Å². The molecule has 4 rings (SSSR count). The van der Waals surface area contributed by atoms with Crippen LogP contribution in [0.3, 0.4) is 0 Å². The van der Waals surface area contributed by atoms with E-state index < -0.39 is 0 Å². The van der Waals surface area contributed by atoms with Gasteiger partial charge in [-0.25, -0.2) is 0 Å². The Morgan fingerprint density at radius 2 is 2.00 bits per heavy atom. The number of likely N-dealkylation sites (tertiary alicyclic amines) is 1. The number of amides is 2. The van der Waals surface area contributed by atoms with E-state index in [4.69, 9.17) is 0 Å². The lowest BCUT2D eigenvalue weighted by Gasteiger charge is -2.55. The fraction of sp³-hybridized carbons (Fsp3) is 0.455. The molecule has 0 radical (unpaired) electrons. The van der Waals surface area contributed by atoms with Gasteiger partial charge in [0.05, 0.1) is 22.7 Å². The number of para-hydroxylation sites is 1. The van der Waals surface area contributed by atoms with Crippen molar-refractivity contribution >= 4 is 28.8 Å². The molecule has 2 atom stereocenters. The van der Waals surface area contributed by atoms with Crippen molar-refractivity contribution in [3.8, 4) is 0 Å². The second kappa shape index (κ2) is 6.71. The Balaban J connectivity index is 1.61. The highest BCUT2D eigenvalue weighted by molar-refractivity contribution is 7.12. The van der Waals surface area contributed by atoms with E-state index in [2.05, 4.69) is 13.8 Å². The average molecular weight is 399 g/mol. The molecule has 1 aromatic heterocycles. The maximum absolute atomic E-state index is 13.4. The maximum Gasteiger partial charge on any atom is 0.268 e. The number of carbonyl (C=O) groups is 2. The predicted octanol–water partition coefficient (Wildman–Crippen LogP) is 3.51. The summed E-state index contributed by atoms with van der Waals surface area (Å²) in [6, 6.07) is 10.9. The number of carbonyl (C=O) groups excluding carboxylic acids is 2. The smallest absolute Gasteiger partial charge is 0.268 e. The molecule has 2 aromatic rings. The van der Waals surface area contributed by atoms with E-state index in [-0.39, 0.29) is 29.3 Å². The molecule has 1 aliphatic carbocycles. The van der Waals surface area contributed by atoms with Crippen LogP contribution in [0, 0.1) is 16.7 Å². The summed E-state index contributed by atoms with van der Waals surface area (Å²) in [5.41, 5.74) is 1.11. The fourth-order valence-electron chi connectivity index (χ4n) is 5.29. The third-order valence-electron chi connectivity index (χ3n) is 6.53. The number of thiophene rings is 1. The van der Waals surface area contributed by atoms with Gasteiger partial charge in [0, 0.05) is 25.6 Å². The quantitative estimate of drug-likeness (QED) is 0.857. The number of hydrogen-bond acceptors (Lipinski definition) is 4. The summed E-state index contributed by atoms with van der Waals surface area (Å²) in [5, 5.41) is 11.9. The SMILES string of the molecule is CN(C(=O)c1cccs1)c1ccccc1C(=O)N1C[C@@H]2C(C)(C)C[C@]2(CO)C1. The van der Waals surface area contributed by atoms with E-state index in [9.17, 15) is 14.7 Å². The molecular formula is C22H26N2O3S. The lowest BCUT2D eigenvalue weighted by Crippen LogP contribution is -2.54. The standard InChI is InChI=1S/C22H26N2O3S/c1-21(2)12-22(14-25)13-24(11-18(21)22)19(26)15-7-4-5-8-16(15)23(3)20(27)17-9-6-10-28-17/h4-10,18,25H,11-14H2,1-3H3/t18-,22-/m1/s1. The first-order valence-corrected chi connectivity index (χ1v) is 10.5. The summed E-state index contributed by atoms with van der Waals surface area (Å²) >= 11 is 1.39. The first kappa shape index (κ1) is 19.2. The number of fused-ring (bicyclic) bond motifs is 1. The van der Waals surface area contributed by atoms with Crippen LogP contribution in [0.25, 0.3) is 0 Å². The predicted molar refractivity (Wildman–Crippen MR) is 111 cm³/mol. The van der Waals surface area contributed by atoms with Crippen molar-refractivity contribution < 1.29 is 14.7 Å². The fourth-order valence-corrected chi connectivity index (χ4v) is 5.99. The third-order valence-corrected chi connectivity index (χ3v) is 7.39. The lowest BCUT2D eigenvalue weighted by molar-refractivity contribution is -0.0977. The Labute approximate surface area is 169 Å². The second-order valence-corrected chi connectivity index (χ2v) is 9.73. The molecule has 28 heavy (non-hydrogen) atoms. The van der Waals surface area contributed by atoms with Gasteiger partial charge in [-0.3, -0.25) is 9.59 Å². The molecule has 1 saturated heterocycles. The second-order valence-electron chi connectivity index (χ2n) is 8.78. The van der Waals surface area contributed by atoms with E-state index in [0.717, 1.165) is 6.42 Å². The summed E-state index contributed by atoms with van der Waals surface area (Å²) in [6.45, 7) is 5.77. The van der Waals surface area contributed by atoms with Gasteiger partial charge in [0.1, 0.15) is 0 Å². The lowest BCUT2D eigenvalue weighted by atomic mass is 9.48. The van der Waals surface area contributed by atoms with Gasteiger partial charge in [-0.1, -0.05) is 32.0 Å². The topological polar surface area (TPSA) is 60.9 Å². The molecule has 0 bridgehead atoms. The molecule has 2 fully saturated rings. The Kier molecular flexibility index (Phi) is 4.59. The summed E-state index contributed by atoms with van der Waals surface area (Å²) in [7, 11) is 1.71. The Morgan fingerprint density at radius 1 is 1.25 bits per heavy atom. The number of hydrogen-bond donors (Lipinski definition) is 1. The van der Waals surface area contributed by atoms with Crippen LogP contribution in [-0.4, -0.2) is 48.6 Å². The minimum Gasteiger partial charge on any atom is -0.396 e. The van der Waals surface area contributed by atoms with Gasteiger partial charge in [-0.05, 0) is 41.3 Å². The molecule has 2 heterocycles. The van der Waals surface area contributed by atoms with Crippen LogP contribution in [0.5, 0.6) is 0 Å². The highest BCUT2D eigenvalue weighted by Gasteiger charge is 2.63. The number of nitrogens with zero attached hydrogens (tertiary/aromatic N) is 2. The van der Waals surface area contributed by atoms with Crippen LogP contribution in [-0.2, 0) is 0 Å². The van der Waals surface area contributed by atoms with Gasteiger partial charge < -0.3 is 14.9 Å². The van der Waals surface area contributed by atoms with Crippen molar-refractivity contribution in [3.63, 3.8) is 0 Å². The average Bonchev–Trinajstić information content (AvgIpc) is 3.33. The number of anilines is 1. The molecule has 0 unspecified atom stereocenters.